The van der Waals surface area contributed by atoms with E-state index >= 15 is 0 Å². The van der Waals surface area contributed by atoms with Crippen LogP contribution in [0.5, 0.6) is 5.75 Å². The second-order valence-corrected chi connectivity index (χ2v) is 5.28. The van der Waals surface area contributed by atoms with Crippen LogP contribution in [0.25, 0.3) is 21.2 Å². The van der Waals surface area contributed by atoms with Crippen molar-refractivity contribution in [3.05, 3.63) is 53.4 Å². The highest BCUT2D eigenvalue weighted by molar-refractivity contribution is 7.17. The van der Waals surface area contributed by atoms with Gasteiger partial charge in [-0.25, -0.2) is 4.79 Å². The second-order valence-electron chi connectivity index (χ2n) is 4.36. The first kappa shape index (κ1) is 12.7. The van der Waals surface area contributed by atoms with Crippen molar-refractivity contribution in [1.29, 1.82) is 0 Å². The number of carboxylic acid groups (broad SMARTS) is 1. The molecule has 0 aliphatic rings. The molecule has 2 aromatic carbocycles. The van der Waals surface area contributed by atoms with Gasteiger partial charge in [0.25, 0.3) is 0 Å². The molecule has 20 heavy (non-hydrogen) atoms. The molecular formula is C16H12O3S. The van der Waals surface area contributed by atoms with Crippen molar-refractivity contribution in [2.75, 3.05) is 7.11 Å². The minimum Gasteiger partial charge on any atom is -0.497 e. The molecule has 0 saturated heterocycles. The highest BCUT2D eigenvalue weighted by Gasteiger charge is 2.15. The van der Waals surface area contributed by atoms with Gasteiger partial charge in [0.05, 0.1) is 12.7 Å². The van der Waals surface area contributed by atoms with Gasteiger partial charge in [-0.2, -0.15) is 0 Å². The number of hydrogen-bond donors (Lipinski definition) is 1. The summed E-state index contributed by atoms with van der Waals surface area (Å²) in [5.41, 5.74) is 1.91. The number of carbonyl (C=O) groups is 1. The lowest BCUT2D eigenvalue weighted by atomic mass is 9.98. The summed E-state index contributed by atoms with van der Waals surface area (Å²) in [7, 11) is 1.53. The van der Waals surface area contributed by atoms with E-state index in [0.29, 0.717) is 11.3 Å². The van der Waals surface area contributed by atoms with E-state index in [1.807, 2.05) is 29.6 Å². The minimum atomic E-state index is -0.951. The molecule has 1 N–H and O–H groups in total. The highest BCUT2D eigenvalue weighted by Crippen LogP contribution is 2.35. The number of fused-ring (bicyclic) bond motifs is 1. The maximum atomic E-state index is 11.5. The largest absolute Gasteiger partial charge is 0.497 e. The fourth-order valence-corrected chi connectivity index (χ4v) is 3.20. The van der Waals surface area contributed by atoms with E-state index in [0.717, 1.165) is 15.6 Å². The topological polar surface area (TPSA) is 46.5 Å². The molecule has 4 heteroatoms. The summed E-state index contributed by atoms with van der Waals surface area (Å²) in [6.45, 7) is 0. The number of carboxylic acids is 1. The normalized spacial score (nSPS) is 10.7. The van der Waals surface area contributed by atoms with E-state index in [9.17, 15) is 9.90 Å². The first-order chi connectivity index (χ1) is 9.70. The van der Waals surface area contributed by atoms with Crippen LogP contribution in [0.4, 0.5) is 0 Å². The quantitative estimate of drug-likeness (QED) is 0.781. The maximum Gasteiger partial charge on any atom is 0.336 e. The zero-order valence-corrected chi connectivity index (χ0v) is 11.6. The molecule has 0 aliphatic heterocycles. The van der Waals surface area contributed by atoms with Gasteiger partial charge in [0.1, 0.15) is 5.75 Å². The van der Waals surface area contributed by atoms with Gasteiger partial charge >= 0.3 is 5.97 Å². The predicted molar refractivity (Wildman–Crippen MR) is 80.8 cm³/mol. The molecule has 0 spiro atoms. The molecule has 3 rings (SSSR count). The third-order valence-corrected chi connectivity index (χ3v) is 4.19. The monoisotopic (exact) mass is 284 g/mol. The molecule has 0 unspecified atom stereocenters. The summed E-state index contributed by atoms with van der Waals surface area (Å²) < 4.78 is 6.21. The Labute approximate surface area is 120 Å². The SMILES string of the molecule is COc1ccc(-c2cccc3ccsc23)c(C(=O)O)c1. The number of ether oxygens (including phenoxy) is 1. The van der Waals surface area contributed by atoms with Crippen LogP contribution in [0.15, 0.2) is 47.8 Å². The van der Waals surface area contributed by atoms with Crippen LogP contribution in [0.3, 0.4) is 0 Å². The zero-order valence-electron chi connectivity index (χ0n) is 10.8. The molecule has 0 fully saturated rings. The van der Waals surface area contributed by atoms with Crippen molar-refractivity contribution < 1.29 is 14.6 Å². The average Bonchev–Trinajstić information content (AvgIpc) is 2.95. The van der Waals surface area contributed by atoms with Gasteiger partial charge in [-0.05, 0) is 40.6 Å². The lowest BCUT2D eigenvalue weighted by molar-refractivity contribution is 0.0697. The number of benzene rings is 2. The lowest BCUT2D eigenvalue weighted by Crippen LogP contribution is -2.00. The number of hydrogen-bond acceptors (Lipinski definition) is 3. The van der Waals surface area contributed by atoms with Crippen LogP contribution in [0.1, 0.15) is 10.4 Å². The van der Waals surface area contributed by atoms with Crippen LogP contribution < -0.4 is 4.74 Å². The number of rotatable bonds is 3. The van der Waals surface area contributed by atoms with E-state index in [2.05, 4.69) is 0 Å². The van der Waals surface area contributed by atoms with Crippen LogP contribution in [-0.4, -0.2) is 18.2 Å². The lowest BCUT2D eigenvalue weighted by Gasteiger charge is -2.09. The molecular weight excluding hydrogens is 272 g/mol. The maximum absolute atomic E-state index is 11.5. The second kappa shape index (κ2) is 4.98. The van der Waals surface area contributed by atoms with Gasteiger partial charge in [-0.1, -0.05) is 18.2 Å². The third kappa shape index (κ3) is 2.04. The molecule has 0 bridgehead atoms. The summed E-state index contributed by atoms with van der Waals surface area (Å²) in [4.78, 5) is 11.5. The van der Waals surface area contributed by atoms with E-state index in [1.54, 1.807) is 29.5 Å². The van der Waals surface area contributed by atoms with E-state index < -0.39 is 5.97 Å². The Morgan fingerprint density at radius 1 is 1.15 bits per heavy atom. The Kier molecular flexibility index (Phi) is 3.16. The molecule has 1 aromatic heterocycles. The number of aromatic carboxylic acids is 1. The van der Waals surface area contributed by atoms with Crippen molar-refractivity contribution in [1.82, 2.24) is 0 Å². The Bertz CT molecular complexity index is 789. The molecule has 0 aliphatic carbocycles. The van der Waals surface area contributed by atoms with E-state index in [-0.39, 0.29) is 5.56 Å². The van der Waals surface area contributed by atoms with Crippen LogP contribution in [0, 0.1) is 0 Å². The molecule has 0 radical (unpaired) electrons. The van der Waals surface area contributed by atoms with E-state index in [1.165, 1.54) is 7.11 Å². The Morgan fingerprint density at radius 2 is 2.00 bits per heavy atom. The summed E-state index contributed by atoms with van der Waals surface area (Å²) in [6.07, 6.45) is 0. The average molecular weight is 284 g/mol. The van der Waals surface area contributed by atoms with Crippen LogP contribution in [0.2, 0.25) is 0 Å². The molecule has 1 heterocycles. The molecule has 3 aromatic rings. The first-order valence-corrected chi connectivity index (χ1v) is 6.96. The van der Waals surface area contributed by atoms with Gasteiger partial charge in [0.2, 0.25) is 0 Å². The standard InChI is InChI=1S/C16H12O3S/c1-19-11-5-6-12(14(9-11)16(17)18)13-4-2-3-10-7-8-20-15(10)13/h2-9H,1H3,(H,17,18). The van der Waals surface area contributed by atoms with Crippen molar-refractivity contribution in [3.8, 4) is 16.9 Å². The van der Waals surface area contributed by atoms with E-state index in [4.69, 9.17) is 4.74 Å². The van der Waals surface area contributed by atoms with Crippen LogP contribution >= 0.6 is 11.3 Å². The molecule has 0 saturated carbocycles. The van der Waals surface area contributed by atoms with Gasteiger partial charge < -0.3 is 9.84 Å². The van der Waals surface area contributed by atoms with Gasteiger partial charge in [-0.3, -0.25) is 0 Å². The summed E-state index contributed by atoms with van der Waals surface area (Å²) in [5, 5.41) is 12.6. The number of thiophene rings is 1. The van der Waals surface area contributed by atoms with Crippen molar-refractivity contribution >= 4 is 27.4 Å². The van der Waals surface area contributed by atoms with Crippen molar-refractivity contribution in [3.63, 3.8) is 0 Å². The summed E-state index contributed by atoms with van der Waals surface area (Å²) in [6, 6.07) is 13.1. The summed E-state index contributed by atoms with van der Waals surface area (Å²) in [5.74, 6) is -0.406. The Balaban J connectivity index is 2.28. The highest BCUT2D eigenvalue weighted by atomic mass is 32.1. The predicted octanol–water partition coefficient (Wildman–Crippen LogP) is 4.28. The van der Waals surface area contributed by atoms with Gasteiger partial charge in [0.15, 0.2) is 0 Å². The van der Waals surface area contributed by atoms with Gasteiger partial charge in [0, 0.05) is 10.3 Å². The third-order valence-electron chi connectivity index (χ3n) is 3.23. The number of methoxy groups -OCH3 is 1. The summed E-state index contributed by atoms with van der Waals surface area (Å²) >= 11 is 1.61. The van der Waals surface area contributed by atoms with Gasteiger partial charge in [-0.15, -0.1) is 11.3 Å². The fraction of sp³-hybridized carbons (Fsp3) is 0.0625. The zero-order chi connectivity index (χ0) is 14.1. The molecule has 100 valence electrons. The van der Waals surface area contributed by atoms with Crippen molar-refractivity contribution in [2.45, 2.75) is 0 Å². The van der Waals surface area contributed by atoms with Crippen LogP contribution in [-0.2, 0) is 0 Å². The molecule has 0 atom stereocenters. The first-order valence-electron chi connectivity index (χ1n) is 6.08. The molecule has 0 amide bonds. The fourth-order valence-electron chi connectivity index (χ4n) is 2.27. The molecule has 3 nitrogen and oxygen atoms in total. The Morgan fingerprint density at radius 3 is 2.75 bits per heavy atom. The minimum absolute atomic E-state index is 0.255. The Hall–Kier alpha value is -2.33. The smallest absolute Gasteiger partial charge is 0.336 e. The van der Waals surface area contributed by atoms with Crippen molar-refractivity contribution in [2.24, 2.45) is 0 Å².